The predicted octanol–water partition coefficient (Wildman–Crippen LogP) is 3.37. The molecule has 1 unspecified atom stereocenters. The molecule has 0 radical (unpaired) electrons. The van der Waals surface area contributed by atoms with Gasteiger partial charge in [-0.2, -0.15) is 10.2 Å². The second kappa shape index (κ2) is 6.14. The lowest BCUT2D eigenvalue weighted by molar-refractivity contribution is 0.218. The predicted molar refractivity (Wildman–Crippen MR) is 80.6 cm³/mol. The molecule has 0 saturated carbocycles. The van der Waals surface area contributed by atoms with Crippen molar-refractivity contribution in [2.24, 2.45) is 5.92 Å². The number of aliphatic hydroxyl groups is 1. The van der Waals surface area contributed by atoms with Crippen LogP contribution in [-0.4, -0.2) is 15.3 Å². The van der Waals surface area contributed by atoms with Crippen LogP contribution in [0.25, 0.3) is 0 Å². The summed E-state index contributed by atoms with van der Waals surface area (Å²) in [5.41, 5.74) is 4.60. The number of nitrogens with zero attached hydrogens (tertiary/aromatic N) is 2. The molecule has 0 aliphatic rings. The van der Waals surface area contributed by atoms with E-state index in [4.69, 9.17) is 0 Å². The number of rotatable bonds is 4. The van der Waals surface area contributed by atoms with Gasteiger partial charge in [-0.05, 0) is 43.4 Å². The molecule has 0 saturated heterocycles. The molecule has 1 heterocycles. The minimum atomic E-state index is -0.642. The van der Waals surface area contributed by atoms with Crippen molar-refractivity contribution in [3.8, 4) is 0 Å². The summed E-state index contributed by atoms with van der Waals surface area (Å²) in [7, 11) is 0. The van der Waals surface area contributed by atoms with E-state index < -0.39 is 6.10 Å². The van der Waals surface area contributed by atoms with Crippen LogP contribution in [0.4, 0.5) is 0 Å². The van der Waals surface area contributed by atoms with Gasteiger partial charge in [-0.15, -0.1) is 0 Å². The van der Waals surface area contributed by atoms with Crippen molar-refractivity contribution >= 4 is 0 Å². The Labute approximate surface area is 120 Å². The van der Waals surface area contributed by atoms with Crippen molar-refractivity contribution < 1.29 is 5.11 Å². The van der Waals surface area contributed by atoms with E-state index in [1.165, 1.54) is 5.56 Å². The van der Waals surface area contributed by atoms with E-state index in [1.807, 2.05) is 32.0 Å². The highest BCUT2D eigenvalue weighted by atomic mass is 16.3. The fraction of sp³-hybridized carbons (Fsp3) is 0.412. The molecule has 1 aromatic heterocycles. The third kappa shape index (κ3) is 3.42. The van der Waals surface area contributed by atoms with Crippen molar-refractivity contribution in [3.05, 3.63) is 58.4 Å². The third-order valence-corrected chi connectivity index (χ3v) is 3.35. The van der Waals surface area contributed by atoms with E-state index in [1.54, 1.807) is 0 Å². The minimum absolute atomic E-state index is 0.606. The van der Waals surface area contributed by atoms with E-state index in [0.717, 1.165) is 28.9 Å². The Kier molecular flexibility index (Phi) is 4.50. The summed E-state index contributed by atoms with van der Waals surface area (Å²) in [4.78, 5) is 0. The molecule has 0 aliphatic heterocycles. The maximum absolute atomic E-state index is 10.6. The second-order valence-electron chi connectivity index (χ2n) is 5.77. The number of hydrogen-bond donors (Lipinski definition) is 1. The van der Waals surface area contributed by atoms with Gasteiger partial charge in [0.05, 0.1) is 11.4 Å². The lowest BCUT2D eigenvalue weighted by atomic mass is 9.96. The van der Waals surface area contributed by atoms with Crippen LogP contribution in [0.2, 0.25) is 0 Å². The quantitative estimate of drug-likeness (QED) is 0.926. The first-order valence-electron chi connectivity index (χ1n) is 7.05. The van der Waals surface area contributed by atoms with Gasteiger partial charge in [0.2, 0.25) is 0 Å². The minimum Gasteiger partial charge on any atom is -0.384 e. The second-order valence-corrected chi connectivity index (χ2v) is 5.77. The van der Waals surface area contributed by atoms with Gasteiger partial charge in [-0.1, -0.05) is 38.1 Å². The zero-order valence-electron chi connectivity index (χ0n) is 12.6. The van der Waals surface area contributed by atoms with E-state index >= 15 is 0 Å². The summed E-state index contributed by atoms with van der Waals surface area (Å²) < 4.78 is 0. The summed E-state index contributed by atoms with van der Waals surface area (Å²) in [5, 5.41) is 18.7. The lowest BCUT2D eigenvalue weighted by Gasteiger charge is -2.15. The number of aromatic nitrogens is 2. The average Bonchev–Trinajstić information content (AvgIpc) is 2.40. The average molecular weight is 270 g/mol. The fourth-order valence-electron chi connectivity index (χ4n) is 2.39. The summed E-state index contributed by atoms with van der Waals surface area (Å²) in [6.45, 7) is 8.16. The summed E-state index contributed by atoms with van der Waals surface area (Å²) in [6.07, 6.45) is 0.379. The molecule has 0 bridgehead atoms. The Balaban J connectivity index is 2.33. The molecule has 1 N–H and O–H groups in total. The monoisotopic (exact) mass is 270 g/mol. The van der Waals surface area contributed by atoms with Crippen LogP contribution < -0.4 is 0 Å². The summed E-state index contributed by atoms with van der Waals surface area (Å²) >= 11 is 0. The van der Waals surface area contributed by atoms with Gasteiger partial charge in [-0.25, -0.2) is 0 Å². The van der Waals surface area contributed by atoms with E-state index in [2.05, 4.69) is 36.2 Å². The molecule has 2 rings (SSSR count). The van der Waals surface area contributed by atoms with Crippen LogP contribution >= 0.6 is 0 Å². The Hall–Kier alpha value is -1.74. The molecule has 106 valence electrons. The maximum Gasteiger partial charge on any atom is 0.106 e. The van der Waals surface area contributed by atoms with Crippen LogP contribution in [0.1, 0.15) is 48.0 Å². The molecule has 0 fully saturated rings. The largest absolute Gasteiger partial charge is 0.384 e. The lowest BCUT2D eigenvalue weighted by Crippen LogP contribution is -2.06. The molecule has 1 aromatic carbocycles. The first kappa shape index (κ1) is 14.7. The highest BCUT2D eigenvalue weighted by Crippen LogP contribution is 2.25. The molecule has 2 aromatic rings. The third-order valence-electron chi connectivity index (χ3n) is 3.35. The van der Waals surface area contributed by atoms with E-state index in [-0.39, 0.29) is 0 Å². The Morgan fingerprint density at radius 1 is 1.10 bits per heavy atom. The SMILES string of the molecule is Cc1cc(C(O)c2cccc(CC(C)C)c2)c(C)nn1. The molecule has 0 aliphatic carbocycles. The van der Waals surface area contributed by atoms with Crippen LogP contribution in [-0.2, 0) is 6.42 Å². The van der Waals surface area contributed by atoms with Crippen LogP contribution in [0.5, 0.6) is 0 Å². The first-order valence-corrected chi connectivity index (χ1v) is 7.05. The Morgan fingerprint density at radius 3 is 2.55 bits per heavy atom. The van der Waals surface area contributed by atoms with Crippen LogP contribution in [0, 0.1) is 19.8 Å². The molecule has 0 amide bonds. The van der Waals surface area contributed by atoms with Crippen molar-refractivity contribution in [3.63, 3.8) is 0 Å². The van der Waals surface area contributed by atoms with Crippen LogP contribution in [0.3, 0.4) is 0 Å². The fourth-order valence-corrected chi connectivity index (χ4v) is 2.39. The molecule has 3 nitrogen and oxygen atoms in total. The van der Waals surface area contributed by atoms with Gasteiger partial charge in [0.15, 0.2) is 0 Å². The van der Waals surface area contributed by atoms with Gasteiger partial charge in [0, 0.05) is 5.56 Å². The standard InChI is InChI=1S/C17H22N2O/c1-11(2)8-14-6-5-7-15(10-14)17(20)16-9-12(3)18-19-13(16)4/h5-7,9-11,17,20H,8H2,1-4H3. The number of aliphatic hydroxyl groups excluding tert-OH is 1. The number of benzene rings is 1. The Bertz CT molecular complexity index is 593. The highest BCUT2D eigenvalue weighted by Gasteiger charge is 2.15. The van der Waals surface area contributed by atoms with Crippen molar-refractivity contribution in [1.82, 2.24) is 10.2 Å². The normalized spacial score (nSPS) is 12.7. The molecule has 0 spiro atoms. The first-order chi connectivity index (χ1) is 9.47. The molecule has 1 atom stereocenters. The molecular formula is C17H22N2O. The molecule has 20 heavy (non-hydrogen) atoms. The van der Waals surface area contributed by atoms with Crippen LogP contribution in [0.15, 0.2) is 30.3 Å². The molecule has 3 heteroatoms. The highest BCUT2D eigenvalue weighted by molar-refractivity contribution is 5.34. The van der Waals surface area contributed by atoms with Gasteiger partial charge in [-0.3, -0.25) is 0 Å². The zero-order valence-corrected chi connectivity index (χ0v) is 12.6. The summed E-state index contributed by atoms with van der Waals surface area (Å²) in [6, 6.07) is 10.1. The van der Waals surface area contributed by atoms with E-state index in [0.29, 0.717) is 5.92 Å². The van der Waals surface area contributed by atoms with Gasteiger partial charge < -0.3 is 5.11 Å². The Morgan fingerprint density at radius 2 is 1.85 bits per heavy atom. The van der Waals surface area contributed by atoms with Crippen molar-refractivity contribution in [1.29, 1.82) is 0 Å². The van der Waals surface area contributed by atoms with Gasteiger partial charge in [0.25, 0.3) is 0 Å². The maximum atomic E-state index is 10.6. The zero-order chi connectivity index (χ0) is 14.7. The topological polar surface area (TPSA) is 46.0 Å². The smallest absolute Gasteiger partial charge is 0.106 e. The van der Waals surface area contributed by atoms with Crippen molar-refractivity contribution in [2.45, 2.75) is 40.2 Å². The number of hydrogen-bond acceptors (Lipinski definition) is 3. The van der Waals surface area contributed by atoms with E-state index in [9.17, 15) is 5.11 Å². The van der Waals surface area contributed by atoms with Gasteiger partial charge in [0.1, 0.15) is 6.10 Å². The van der Waals surface area contributed by atoms with Gasteiger partial charge >= 0.3 is 0 Å². The summed E-state index contributed by atoms with van der Waals surface area (Å²) in [5.74, 6) is 0.606. The van der Waals surface area contributed by atoms with Crippen molar-refractivity contribution in [2.75, 3.05) is 0 Å². The number of aryl methyl sites for hydroxylation is 2. The molecular weight excluding hydrogens is 248 g/mol.